The number of anilines is 2. The topological polar surface area (TPSA) is 91.3 Å². The van der Waals surface area contributed by atoms with Crippen molar-refractivity contribution in [2.75, 3.05) is 45.0 Å². The second-order valence-corrected chi connectivity index (χ2v) is 7.25. The third-order valence-corrected chi connectivity index (χ3v) is 4.79. The van der Waals surface area contributed by atoms with Crippen molar-refractivity contribution in [1.82, 2.24) is 4.90 Å². The number of hydrogen-bond acceptors (Lipinski definition) is 6. The number of fused-ring (bicyclic) bond motifs is 1. The molecule has 156 valence electrons. The zero-order valence-electron chi connectivity index (χ0n) is 17.4. The number of nitrogens with zero attached hydrogens (tertiary/aromatic N) is 3. The molecule has 8 nitrogen and oxygen atoms in total. The molecule has 1 heterocycles. The third-order valence-electron chi connectivity index (χ3n) is 4.79. The van der Waals surface area contributed by atoms with E-state index >= 15 is 0 Å². The Labute approximate surface area is 175 Å². The maximum atomic E-state index is 12.3. The Morgan fingerprint density at radius 2 is 1.83 bits per heavy atom. The van der Waals surface area contributed by atoms with Gasteiger partial charge in [0.1, 0.15) is 5.92 Å². The van der Waals surface area contributed by atoms with Gasteiger partial charge in [0.2, 0.25) is 11.8 Å². The quantitative estimate of drug-likeness (QED) is 0.586. The molecular weight excluding hydrogens is 384 g/mol. The average Bonchev–Trinajstić information content (AvgIpc) is 3.05. The molecule has 0 radical (unpaired) electrons. The maximum Gasteiger partial charge on any atom is 0.337 e. The summed E-state index contributed by atoms with van der Waals surface area (Å²) >= 11 is 0. The Balaban J connectivity index is 1.73. The van der Waals surface area contributed by atoms with Crippen molar-refractivity contribution in [3.63, 3.8) is 0 Å². The van der Waals surface area contributed by atoms with Crippen LogP contribution in [0, 0.1) is 0 Å². The largest absolute Gasteiger partial charge is 0.465 e. The predicted molar refractivity (Wildman–Crippen MR) is 116 cm³/mol. The fourth-order valence-corrected chi connectivity index (χ4v) is 3.12. The molecule has 2 aromatic carbocycles. The number of likely N-dealkylation sites (N-methyl/N-ethyl adjacent to an activating group) is 2. The number of methoxy groups -OCH3 is 1. The summed E-state index contributed by atoms with van der Waals surface area (Å²) in [5.74, 6) is -1.22. The molecule has 1 aliphatic rings. The van der Waals surface area contributed by atoms with Gasteiger partial charge in [-0.25, -0.2) is 4.79 Å². The van der Waals surface area contributed by atoms with Gasteiger partial charge in [0, 0.05) is 24.6 Å². The van der Waals surface area contributed by atoms with Crippen LogP contribution in [0.25, 0.3) is 0 Å². The molecule has 1 unspecified atom stereocenters. The van der Waals surface area contributed by atoms with E-state index in [2.05, 4.69) is 10.3 Å². The summed E-state index contributed by atoms with van der Waals surface area (Å²) in [6.45, 7) is 0.324. The van der Waals surface area contributed by atoms with Crippen LogP contribution < -0.4 is 10.2 Å². The van der Waals surface area contributed by atoms with Crippen molar-refractivity contribution in [2.24, 2.45) is 4.99 Å². The molecule has 8 heteroatoms. The monoisotopic (exact) mass is 408 g/mol. The fourth-order valence-electron chi connectivity index (χ4n) is 3.12. The molecule has 0 bridgehead atoms. The van der Waals surface area contributed by atoms with Gasteiger partial charge in [0.25, 0.3) is 0 Å². The van der Waals surface area contributed by atoms with Gasteiger partial charge in [0.05, 0.1) is 24.9 Å². The molecule has 1 atom stereocenters. The summed E-state index contributed by atoms with van der Waals surface area (Å²) in [4.78, 5) is 44.0. The van der Waals surface area contributed by atoms with Gasteiger partial charge in [-0.1, -0.05) is 6.07 Å². The summed E-state index contributed by atoms with van der Waals surface area (Å²) < 4.78 is 4.71. The van der Waals surface area contributed by atoms with E-state index in [0.29, 0.717) is 23.5 Å². The maximum absolute atomic E-state index is 12.3. The number of aliphatic imine (C=N–C) groups is 1. The van der Waals surface area contributed by atoms with E-state index in [1.807, 2.05) is 31.1 Å². The van der Waals surface area contributed by atoms with Crippen molar-refractivity contribution >= 4 is 41.1 Å². The Morgan fingerprint density at radius 1 is 1.13 bits per heavy atom. The van der Waals surface area contributed by atoms with Crippen LogP contribution in [0.1, 0.15) is 21.8 Å². The zero-order valence-corrected chi connectivity index (χ0v) is 17.4. The molecule has 30 heavy (non-hydrogen) atoms. The van der Waals surface area contributed by atoms with Crippen LogP contribution in [-0.2, 0) is 14.3 Å². The fraction of sp³-hybridized carbons (Fsp3) is 0.273. The highest BCUT2D eigenvalue weighted by molar-refractivity contribution is 6.13. The molecule has 0 fully saturated rings. The molecule has 2 aromatic rings. The molecule has 0 spiro atoms. The number of ether oxygens (including phenoxy) is 1. The Hall–Kier alpha value is -3.52. The van der Waals surface area contributed by atoms with Crippen molar-refractivity contribution in [3.8, 4) is 0 Å². The molecule has 1 aliphatic heterocycles. The van der Waals surface area contributed by atoms with Crippen molar-refractivity contribution in [1.29, 1.82) is 0 Å². The lowest BCUT2D eigenvalue weighted by atomic mass is 10.0. The molecule has 0 aromatic heterocycles. The van der Waals surface area contributed by atoms with Crippen molar-refractivity contribution < 1.29 is 19.1 Å². The van der Waals surface area contributed by atoms with Gasteiger partial charge < -0.3 is 19.9 Å². The average molecular weight is 408 g/mol. The van der Waals surface area contributed by atoms with Crippen LogP contribution in [0.5, 0.6) is 0 Å². The second-order valence-electron chi connectivity index (χ2n) is 7.25. The second kappa shape index (κ2) is 8.87. The minimum atomic E-state index is -0.546. The van der Waals surface area contributed by atoms with Crippen molar-refractivity contribution in [3.05, 3.63) is 53.6 Å². The molecule has 0 saturated heterocycles. The van der Waals surface area contributed by atoms with Crippen LogP contribution in [-0.4, -0.2) is 63.7 Å². The lowest BCUT2D eigenvalue weighted by molar-refractivity contribution is -0.119. The van der Waals surface area contributed by atoms with E-state index in [-0.39, 0.29) is 11.8 Å². The first-order chi connectivity index (χ1) is 14.3. The normalized spacial score (nSPS) is 15.2. The van der Waals surface area contributed by atoms with Crippen LogP contribution in [0.2, 0.25) is 0 Å². The minimum absolute atomic E-state index is 0.0122. The number of carbonyl (C=O) groups is 3. The summed E-state index contributed by atoms with van der Waals surface area (Å²) in [7, 11) is 6.73. The molecular formula is C22H24N4O4. The van der Waals surface area contributed by atoms with Gasteiger partial charge in [-0.15, -0.1) is 0 Å². The number of nitrogens with one attached hydrogen (secondary N) is 1. The highest BCUT2D eigenvalue weighted by atomic mass is 16.5. The first kappa shape index (κ1) is 21.2. The summed E-state index contributed by atoms with van der Waals surface area (Å²) in [6, 6.07) is 12.2. The smallest absolute Gasteiger partial charge is 0.337 e. The first-order valence-corrected chi connectivity index (χ1v) is 9.39. The van der Waals surface area contributed by atoms with Crippen LogP contribution in [0.3, 0.4) is 0 Å². The van der Waals surface area contributed by atoms with E-state index < -0.39 is 11.9 Å². The molecule has 1 N–H and O–H groups in total. The van der Waals surface area contributed by atoms with Gasteiger partial charge in [0.15, 0.2) is 0 Å². The zero-order chi connectivity index (χ0) is 21.8. The number of benzene rings is 2. The van der Waals surface area contributed by atoms with E-state index in [4.69, 9.17) is 4.74 Å². The standard InChI is InChI=1S/C22H24N4O4/c1-25(2)13-20(27)26(3)16-8-6-15(7-9-16)23-12-18-17-10-5-14(22(29)30-4)11-19(17)24-21(18)28/h5-12,18H,13H2,1-4H3,(H,24,28). The molecule has 3 rings (SSSR count). The van der Waals surface area contributed by atoms with Gasteiger partial charge in [-0.3, -0.25) is 14.6 Å². The number of carbonyl (C=O) groups excluding carboxylic acids is 3. The first-order valence-electron chi connectivity index (χ1n) is 9.39. The number of hydrogen-bond donors (Lipinski definition) is 1. The third kappa shape index (κ3) is 4.55. The lowest BCUT2D eigenvalue weighted by Gasteiger charge is -2.19. The number of esters is 1. The number of amides is 2. The van der Waals surface area contributed by atoms with Crippen molar-refractivity contribution in [2.45, 2.75) is 5.92 Å². The van der Waals surface area contributed by atoms with Gasteiger partial charge in [-0.2, -0.15) is 0 Å². The minimum Gasteiger partial charge on any atom is -0.465 e. The molecule has 0 aliphatic carbocycles. The van der Waals surface area contributed by atoms with E-state index in [1.54, 1.807) is 48.5 Å². The number of rotatable bonds is 6. The Bertz CT molecular complexity index is 999. The molecule has 2 amide bonds. The Kier molecular flexibility index (Phi) is 6.27. The van der Waals surface area contributed by atoms with Crippen LogP contribution in [0.15, 0.2) is 47.5 Å². The van der Waals surface area contributed by atoms with Crippen LogP contribution >= 0.6 is 0 Å². The van der Waals surface area contributed by atoms with Gasteiger partial charge >= 0.3 is 5.97 Å². The van der Waals surface area contributed by atoms with E-state index in [9.17, 15) is 14.4 Å². The van der Waals surface area contributed by atoms with E-state index in [0.717, 1.165) is 11.3 Å². The lowest BCUT2D eigenvalue weighted by Crippen LogP contribution is -2.34. The van der Waals surface area contributed by atoms with E-state index in [1.165, 1.54) is 7.11 Å². The van der Waals surface area contributed by atoms with Crippen LogP contribution in [0.4, 0.5) is 17.1 Å². The predicted octanol–water partition coefficient (Wildman–Crippen LogP) is 2.44. The highest BCUT2D eigenvalue weighted by Gasteiger charge is 2.29. The summed E-state index contributed by atoms with van der Waals surface area (Å²) in [6.07, 6.45) is 1.58. The molecule has 0 saturated carbocycles. The summed E-state index contributed by atoms with van der Waals surface area (Å²) in [5.41, 5.74) is 3.13. The summed E-state index contributed by atoms with van der Waals surface area (Å²) in [5, 5.41) is 2.77. The highest BCUT2D eigenvalue weighted by Crippen LogP contribution is 2.33. The van der Waals surface area contributed by atoms with Gasteiger partial charge in [-0.05, 0) is 56.1 Å². The Morgan fingerprint density at radius 3 is 2.47 bits per heavy atom. The SMILES string of the molecule is COC(=O)c1ccc2c(c1)NC(=O)C2C=Nc1ccc(N(C)C(=O)CN(C)C)cc1.